The molecule has 1 fully saturated rings. The van der Waals surface area contributed by atoms with Gasteiger partial charge < -0.3 is 16.0 Å². The van der Waals surface area contributed by atoms with Crippen molar-refractivity contribution < 1.29 is 4.79 Å². The number of hydrogen-bond acceptors (Lipinski definition) is 2. The van der Waals surface area contributed by atoms with Crippen LogP contribution in [0.2, 0.25) is 0 Å². The number of carbonyl (C=O) groups excluding carboxylic acids is 1. The Morgan fingerprint density at radius 2 is 2.11 bits per heavy atom. The number of aromatic nitrogens is 1. The minimum Gasteiger partial charge on any atom is -0.361 e. The Balaban J connectivity index is 1.74. The molecular formula is C15H19N3O. The summed E-state index contributed by atoms with van der Waals surface area (Å²) in [6.45, 7) is 0. The Kier molecular flexibility index (Phi) is 3.25. The average Bonchev–Trinajstić information content (AvgIpc) is 2.86. The second-order valence-electron chi connectivity index (χ2n) is 5.32. The summed E-state index contributed by atoms with van der Waals surface area (Å²) in [5.41, 5.74) is 7.96. The Hall–Kier alpha value is -1.81. The van der Waals surface area contributed by atoms with Crippen LogP contribution >= 0.6 is 0 Å². The largest absolute Gasteiger partial charge is 0.361 e. The van der Waals surface area contributed by atoms with Gasteiger partial charge in [-0.2, -0.15) is 0 Å². The van der Waals surface area contributed by atoms with Gasteiger partial charge in [-0.3, -0.25) is 4.79 Å². The quantitative estimate of drug-likeness (QED) is 0.774. The molecule has 19 heavy (non-hydrogen) atoms. The lowest BCUT2D eigenvalue weighted by Gasteiger charge is -2.27. The second-order valence-corrected chi connectivity index (χ2v) is 5.32. The molecule has 0 saturated heterocycles. The molecule has 1 heterocycles. The van der Waals surface area contributed by atoms with E-state index in [1.54, 1.807) is 0 Å². The molecule has 0 radical (unpaired) electrons. The number of carbonyl (C=O) groups is 1. The molecule has 1 aromatic carbocycles. The molecule has 4 heteroatoms. The SMILES string of the molecule is NC1CCCCC1C(=O)Nc1ccc2[nH]ccc2c1. The zero-order valence-electron chi connectivity index (χ0n) is 10.9. The van der Waals surface area contributed by atoms with Crippen LogP contribution in [0.1, 0.15) is 25.7 Å². The molecular weight excluding hydrogens is 238 g/mol. The van der Waals surface area contributed by atoms with E-state index in [1.807, 2.05) is 30.5 Å². The third-order valence-corrected chi connectivity index (χ3v) is 3.98. The zero-order chi connectivity index (χ0) is 13.2. The van der Waals surface area contributed by atoms with Crippen LogP contribution in [0.5, 0.6) is 0 Å². The highest BCUT2D eigenvalue weighted by Gasteiger charge is 2.28. The highest BCUT2D eigenvalue weighted by molar-refractivity contribution is 5.95. The van der Waals surface area contributed by atoms with Crippen LogP contribution in [0.15, 0.2) is 30.5 Å². The van der Waals surface area contributed by atoms with E-state index < -0.39 is 0 Å². The first-order valence-corrected chi connectivity index (χ1v) is 6.87. The number of fused-ring (bicyclic) bond motifs is 1. The number of H-pyrrole nitrogens is 1. The molecule has 2 unspecified atom stereocenters. The van der Waals surface area contributed by atoms with Gasteiger partial charge in [0.15, 0.2) is 0 Å². The maximum atomic E-state index is 12.3. The summed E-state index contributed by atoms with van der Waals surface area (Å²) >= 11 is 0. The molecule has 2 aromatic rings. The van der Waals surface area contributed by atoms with E-state index in [2.05, 4.69) is 10.3 Å². The van der Waals surface area contributed by atoms with E-state index in [9.17, 15) is 4.79 Å². The predicted octanol–water partition coefficient (Wildman–Crippen LogP) is 2.62. The van der Waals surface area contributed by atoms with Gasteiger partial charge in [-0.05, 0) is 37.1 Å². The summed E-state index contributed by atoms with van der Waals surface area (Å²) in [4.78, 5) is 15.4. The summed E-state index contributed by atoms with van der Waals surface area (Å²) < 4.78 is 0. The standard InChI is InChI=1S/C15H19N3O/c16-13-4-2-1-3-12(13)15(19)18-11-5-6-14-10(9-11)7-8-17-14/h5-9,12-13,17H,1-4,16H2,(H,18,19). The van der Waals surface area contributed by atoms with Gasteiger partial charge in [0.25, 0.3) is 0 Å². The first-order chi connectivity index (χ1) is 9.24. The smallest absolute Gasteiger partial charge is 0.229 e. The van der Waals surface area contributed by atoms with E-state index in [-0.39, 0.29) is 17.9 Å². The van der Waals surface area contributed by atoms with Crippen molar-refractivity contribution in [2.24, 2.45) is 11.7 Å². The lowest BCUT2D eigenvalue weighted by atomic mass is 9.84. The van der Waals surface area contributed by atoms with E-state index in [1.165, 1.54) is 0 Å². The third-order valence-electron chi connectivity index (χ3n) is 3.98. The lowest BCUT2D eigenvalue weighted by molar-refractivity contribution is -0.121. The van der Waals surface area contributed by atoms with Gasteiger partial charge >= 0.3 is 0 Å². The van der Waals surface area contributed by atoms with Crippen molar-refractivity contribution >= 4 is 22.5 Å². The maximum Gasteiger partial charge on any atom is 0.229 e. The number of aromatic amines is 1. The van der Waals surface area contributed by atoms with Crippen molar-refractivity contribution in [2.75, 3.05) is 5.32 Å². The van der Waals surface area contributed by atoms with Crippen LogP contribution < -0.4 is 11.1 Å². The first-order valence-electron chi connectivity index (χ1n) is 6.87. The minimum atomic E-state index is -0.0457. The third kappa shape index (κ3) is 2.49. The topological polar surface area (TPSA) is 70.9 Å². The van der Waals surface area contributed by atoms with Crippen molar-refractivity contribution in [3.63, 3.8) is 0 Å². The fraction of sp³-hybridized carbons (Fsp3) is 0.400. The number of anilines is 1. The molecule has 0 aliphatic heterocycles. The Morgan fingerprint density at radius 3 is 2.95 bits per heavy atom. The van der Waals surface area contributed by atoms with E-state index in [0.29, 0.717) is 0 Å². The Labute approximate surface area is 112 Å². The lowest BCUT2D eigenvalue weighted by Crippen LogP contribution is -2.40. The number of amides is 1. The van der Waals surface area contributed by atoms with E-state index >= 15 is 0 Å². The van der Waals surface area contributed by atoms with Crippen LogP contribution in [0.4, 0.5) is 5.69 Å². The number of nitrogens with two attached hydrogens (primary N) is 1. The molecule has 0 spiro atoms. The second kappa shape index (κ2) is 5.05. The number of rotatable bonds is 2. The van der Waals surface area contributed by atoms with Gasteiger partial charge in [0.2, 0.25) is 5.91 Å². The fourth-order valence-corrected chi connectivity index (χ4v) is 2.85. The fourth-order valence-electron chi connectivity index (χ4n) is 2.85. The predicted molar refractivity (Wildman–Crippen MR) is 76.9 cm³/mol. The monoisotopic (exact) mass is 257 g/mol. The summed E-state index contributed by atoms with van der Waals surface area (Å²) in [5, 5.41) is 4.09. The highest BCUT2D eigenvalue weighted by atomic mass is 16.1. The van der Waals surface area contributed by atoms with Crippen molar-refractivity contribution in [1.29, 1.82) is 0 Å². The number of benzene rings is 1. The van der Waals surface area contributed by atoms with Crippen LogP contribution in [0, 0.1) is 5.92 Å². The van der Waals surface area contributed by atoms with Crippen LogP contribution in [0.25, 0.3) is 10.9 Å². The Bertz CT molecular complexity index is 590. The van der Waals surface area contributed by atoms with Crippen molar-refractivity contribution in [3.8, 4) is 0 Å². The summed E-state index contributed by atoms with van der Waals surface area (Å²) in [5.74, 6) is 0.0118. The van der Waals surface area contributed by atoms with Gasteiger partial charge in [0.05, 0.1) is 5.92 Å². The average molecular weight is 257 g/mol. The molecule has 100 valence electrons. The van der Waals surface area contributed by atoms with Crippen molar-refractivity contribution in [1.82, 2.24) is 4.98 Å². The van der Waals surface area contributed by atoms with Crippen LogP contribution in [-0.4, -0.2) is 16.9 Å². The molecule has 4 N–H and O–H groups in total. The van der Waals surface area contributed by atoms with Gasteiger partial charge in [-0.1, -0.05) is 12.8 Å². The summed E-state index contributed by atoms with van der Waals surface area (Å²) in [7, 11) is 0. The van der Waals surface area contributed by atoms with E-state index in [4.69, 9.17) is 5.73 Å². The Morgan fingerprint density at radius 1 is 1.26 bits per heavy atom. The molecule has 1 amide bonds. The van der Waals surface area contributed by atoms with Crippen LogP contribution in [-0.2, 0) is 4.79 Å². The molecule has 2 atom stereocenters. The van der Waals surface area contributed by atoms with Gasteiger partial charge in [0, 0.05) is 28.8 Å². The van der Waals surface area contributed by atoms with E-state index in [0.717, 1.165) is 42.3 Å². The maximum absolute atomic E-state index is 12.3. The normalized spacial score (nSPS) is 23.4. The van der Waals surface area contributed by atoms with Gasteiger partial charge in [0.1, 0.15) is 0 Å². The van der Waals surface area contributed by atoms with Gasteiger partial charge in [-0.15, -0.1) is 0 Å². The molecule has 1 aliphatic rings. The molecule has 1 aromatic heterocycles. The molecule has 3 rings (SSSR count). The zero-order valence-corrected chi connectivity index (χ0v) is 10.9. The first kappa shape index (κ1) is 12.2. The number of hydrogen-bond donors (Lipinski definition) is 3. The molecule has 1 aliphatic carbocycles. The van der Waals surface area contributed by atoms with Gasteiger partial charge in [-0.25, -0.2) is 0 Å². The van der Waals surface area contributed by atoms with Crippen molar-refractivity contribution in [3.05, 3.63) is 30.5 Å². The highest BCUT2D eigenvalue weighted by Crippen LogP contribution is 2.25. The summed E-state index contributed by atoms with van der Waals surface area (Å²) in [6.07, 6.45) is 5.99. The summed E-state index contributed by atoms with van der Waals surface area (Å²) in [6, 6.07) is 7.89. The minimum absolute atomic E-state index is 0.00439. The molecule has 0 bridgehead atoms. The van der Waals surface area contributed by atoms with Crippen molar-refractivity contribution in [2.45, 2.75) is 31.7 Å². The molecule has 4 nitrogen and oxygen atoms in total. The number of nitrogens with one attached hydrogen (secondary N) is 2. The molecule has 1 saturated carbocycles. The van der Waals surface area contributed by atoms with Crippen LogP contribution in [0.3, 0.4) is 0 Å².